The van der Waals surface area contributed by atoms with E-state index in [9.17, 15) is 13.2 Å². The molecule has 0 aliphatic carbocycles. The fourth-order valence-corrected chi connectivity index (χ4v) is 1.71. The molecule has 0 saturated heterocycles. The molecule has 0 radical (unpaired) electrons. The molecule has 0 unspecified atom stereocenters. The third-order valence-corrected chi connectivity index (χ3v) is 2.68. The minimum Gasteiger partial charge on any atom is -0.285 e. The van der Waals surface area contributed by atoms with Crippen molar-refractivity contribution in [3.63, 3.8) is 0 Å². The van der Waals surface area contributed by atoms with Crippen LogP contribution < -0.4 is 0 Å². The van der Waals surface area contributed by atoms with E-state index in [1.807, 2.05) is 11.2 Å². The zero-order valence-electron chi connectivity index (χ0n) is 7.52. The minimum absolute atomic E-state index is 0.105. The van der Waals surface area contributed by atoms with E-state index in [2.05, 4.69) is 0 Å². The average Bonchev–Trinajstić information content (AvgIpc) is 2.16. The van der Waals surface area contributed by atoms with Crippen LogP contribution in [0.3, 0.4) is 0 Å². The van der Waals surface area contributed by atoms with E-state index in [1.165, 1.54) is 19.1 Å². The fraction of sp³-hybridized carbons (Fsp3) is 0.100. The minimum atomic E-state index is -3.64. The highest BCUT2D eigenvalue weighted by Crippen LogP contribution is 2.08. The van der Waals surface area contributed by atoms with Crippen molar-refractivity contribution in [2.24, 2.45) is 0 Å². The van der Waals surface area contributed by atoms with E-state index in [4.69, 9.17) is 0 Å². The summed E-state index contributed by atoms with van der Waals surface area (Å²) in [4.78, 5) is 10.6. The Morgan fingerprint density at radius 3 is 2.29 bits per heavy atom. The Hall–Kier alpha value is -1.60. The van der Waals surface area contributed by atoms with Crippen LogP contribution in [0.25, 0.3) is 0 Å². The standard InChI is InChI=1S/C10H8O3S/c1-9(11)7-8-14(12,13)10-5-3-2-4-6-10/h2-6H,1H3. The van der Waals surface area contributed by atoms with Crippen molar-refractivity contribution in [2.75, 3.05) is 0 Å². The monoisotopic (exact) mass is 208 g/mol. The summed E-state index contributed by atoms with van der Waals surface area (Å²) in [5.74, 6) is 1.54. The first-order valence-corrected chi connectivity index (χ1v) is 5.34. The first kappa shape index (κ1) is 10.5. The summed E-state index contributed by atoms with van der Waals surface area (Å²) < 4.78 is 22.8. The van der Waals surface area contributed by atoms with E-state index in [1.54, 1.807) is 18.2 Å². The second-order valence-electron chi connectivity index (χ2n) is 2.60. The summed E-state index contributed by atoms with van der Waals surface area (Å²) in [7, 11) is -3.64. The van der Waals surface area contributed by atoms with E-state index in [-0.39, 0.29) is 4.90 Å². The van der Waals surface area contributed by atoms with Crippen molar-refractivity contribution in [3.05, 3.63) is 30.3 Å². The second-order valence-corrected chi connectivity index (χ2v) is 4.28. The number of Topliss-reactive ketones (excluding diaryl/α,β-unsaturated/α-hetero) is 1. The van der Waals surface area contributed by atoms with Crippen molar-refractivity contribution in [3.8, 4) is 11.2 Å². The number of hydrogen-bond donors (Lipinski definition) is 0. The highest BCUT2D eigenvalue weighted by atomic mass is 32.2. The normalized spacial score (nSPS) is 10.1. The van der Waals surface area contributed by atoms with Gasteiger partial charge < -0.3 is 0 Å². The van der Waals surface area contributed by atoms with Gasteiger partial charge in [-0.2, -0.15) is 0 Å². The molecule has 0 heterocycles. The van der Waals surface area contributed by atoms with Crippen LogP contribution in [0.5, 0.6) is 0 Å². The quantitative estimate of drug-likeness (QED) is 0.511. The molecular formula is C10H8O3S. The van der Waals surface area contributed by atoms with Gasteiger partial charge in [0.25, 0.3) is 0 Å². The van der Waals surface area contributed by atoms with Crippen LogP contribution in [0.4, 0.5) is 0 Å². The van der Waals surface area contributed by atoms with Crippen LogP contribution in [0.15, 0.2) is 35.2 Å². The Kier molecular flexibility index (Phi) is 3.05. The maximum atomic E-state index is 11.4. The van der Waals surface area contributed by atoms with Crippen LogP contribution in [0, 0.1) is 11.2 Å². The molecule has 0 atom stereocenters. The van der Waals surface area contributed by atoms with Crippen molar-refractivity contribution in [1.29, 1.82) is 0 Å². The molecule has 0 aliphatic heterocycles. The largest absolute Gasteiger partial charge is 0.285 e. The first-order chi connectivity index (χ1) is 6.52. The number of ketones is 1. The van der Waals surface area contributed by atoms with E-state index in [0.29, 0.717) is 0 Å². The third-order valence-electron chi connectivity index (χ3n) is 1.41. The molecule has 14 heavy (non-hydrogen) atoms. The molecule has 0 N–H and O–H groups in total. The summed E-state index contributed by atoms with van der Waals surface area (Å²) in [5.41, 5.74) is 0. The summed E-state index contributed by atoms with van der Waals surface area (Å²) in [5, 5.41) is 1.95. The van der Waals surface area contributed by atoms with Gasteiger partial charge in [0.2, 0.25) is 15.6 Å². The van der Waals surface area contributed by atoms with Gasteiger partial charge in [0.05, 0.1) is 4.90 Å². The molecule has 3 nitrogen and oxygen atoms in total. The van der Waals surface area contributed by atoms with Crippen LogP contribution in [0.2, 0.25) is 0 Å². The Morgan fingerprint density at radius 1 is 1.21 bits per heavy atom. The number of rotatable bonds is 1. The molecule has 0 saturated carbocycles. The molecule has 1 aromatic rings. The van der Waals surface area contributed by atoms with Crippen LogP contribution in [-0.4, -0.2) is 14.2 Å². The van der Waals surface area contributed by atoms with Crippen molar-refractivity contribution >= 4 is 15.6 Å². The number of carbonyl (C=O) groups is 1. The van der Waals surface area contributed by atoms with Gasteiger partial charge in [-0.15, -0.1) is 0 Å². The zero-order valence-corrected chi connectivity index (χ0v) is 8.34. The lowest BCUT2D eigenvalue weighted by molar-refractivity contribution is -0.111. The molecule has 0 bridgehead atoms. The van der Waals surface area contributed by atoms with E-state index in [0.717, 1.165) is 0 Å². The number of carbonyl (C=O) groups excluding carboxylic acids is 1. The van der Waals surface area contributed by atoms with Crippen molar-refractivity contribution in [2.45, 2.75) is 11.8 Å². The molecule has 1 rings (SSSR count). The highest BCUT2D eigenvalue weighted by molar-refractivity contribution is 7.96. The summed E-state index contributed by atoms with van der Waals surface area (Å²) in [6.07, 6.45) is 0. The highest BCUT2D eigenvalue weighted by Gasteiger charge is 2.08. The third kappa shape index (κ3) is 2.71. The molecule has 0 fully saturated rings. The molecule has 0 spiro atoms. The topological polar surface area (TPSA) is 51.2 Å². The fourth-order valence-electron chi connectivity index (χ4n) is 0.798. The number of sulfone groups is 1. The predicted molar refractivity (Wildman–Crippen MR) is 52.1 cm³/mol. The van der Waals surface area contributed by atoms with E-state index < -0.39 is 15.6 Å². The predicted octanol–water partition coefficient (Wildman–Crippen LogP) is 1.01. The lowest BCUT2D eigenvalue weighted by atomic mass is 10.4. The zero-order chi connectivity index (χ0) is 10.6. The van der Waals surface area contributed by atoms with Gasteiger partial charge >= 0.3 is 0 Å². The van der Waals surface area contributed by atoms with Gasteiger partial charge in [0.1, 0.15) is 0 Å². The van der Waals surface area contributed by atoms with Gasteiger partial charge in [-0.05, 0) is 18.1 Å². The SMILES string of the molecule is CC(=O)C#CS(=O)(=O)c1ccccc1. The first-order valence-electron chi connectivity index (χ1n) is 3.86. The lowest BCUT2D eigenvalue weighted by Gasteiger charge is -1.93. The molecule has 72 valence electrons. The molecule has 0 aromatic heterocycles. The average molecular weight is 208 g/mol. The Balaban J connectivity index is 3.13. The molecule has 0 amide bonds. The second kappa shape index (κ2) is 4.07. The molecule has 1 aromatic carbocycles. The van der Waals surface area contributed by atoms with Crippen LogP contribution >= 0.6 is 0 Å². The molecule has 4 heteroatoms. The van der Waals surface area contributed by atoms with Crippen molar-refractivity contribution in [1.82, 2.24) is 0 Å². The van der Waals surface area contributed by atoms with Gasteiger partial charge in [-0.25, -0.2) is 8.42 Å². The van der Waals surface area contributed by atoms with Gasteiger partial charge in [-0.1, -0.05) is 18.2 Å². The number of hydrogen-bond acceptors (Lipinski definition) is 3. The Morgan fingerprint density at radius 2 is 1.79 bits per heavy atom. The Labute approximate surface area is 82.7 Å². The number of benzene rings is 1. The maximum absolute atomic E-state index is 11.4. The summed E-state index contributed by atoms with van der Waals surface area (Å²) in [6, 6.07) is 7.77. The van der Waals surface area contributed by atoms with E-state index >= 15 is 0 Å². The molecule has 0 aliphatic rings. The summed E-state index contributed by atoms with van der Waals surface area (Å²) >= 11 is 0. The van der Waals surface area contributed by atoms with Crippen LogP contribution in [-0.2, 0) is 14.6 Å². The van der Waals surface area contributed by atoms with Gasteiger partial charge in [0.15, 0.2) is 0 Å². The van der Waals surface area contributed by atoms with Gasteiger partial charge in [-0.3, -0.25) is 4.79 Å². The van der Waals surface area contributed by atoms with Gasteiger partial charge in [0, 0.05) is 12.2 Å². The summed E-state index contributed by atoms with van der Waals surface area (Å²) in [6.45, 7) is 1.22. The smallest absolute Gasteiger partial charge is 0.245 e. The van der Waals surface area contributed by atoms with Crippen LogP contribution in [0.1, 0.15) is 6.92 Å². The van der Waals surface area contributed by atoms with Crippen molar-refractivity contribution < 1.29 is 13.2 Å². The Bertz CT molecular complexity index is 489. The maximum Gasteiger partial charge on any atom is 0.245 e. The molecular weight excluding hydrogens is 200 g/mol. The lowest BCUT2D eigenvalue weighted by Crippen LogP contribution is -1.97.